The first-order chi connectivity index (χ1) is 5.34. The largest absolute Gasteiger partial charge is 0.382 e. The first kappa shape index (κ1) is 9.62. The molecule has 0 unspecified atom stereocenters. The number of allylic oxidation sites excluding steroid dienone is 2. The molecule has 3 nitrogen and oxygen atoms in total. The molecule has 0 fully saturated rings. The molecule has 0 aromatic carbocycles. The van der Waals surface area contributed by atoms with Crippen LogP contribution in [0.1, 0.15) is 13.8 Å². The summed E-state index contributed by atoms with van der Waals surface area (Å²) in [5, 5.41) is 0. The first-order valence-electron chi connectivity index (χ1n) is 3.53. The maximum Gasteiger partial charge on any atom is 0.151 e. The van der Waals surface area contributed by atoms with E-state index in [-0.39, 0.29) is 0 Å². The van der Waals surface area contributed by atoms with E-state index in [1.807, 2.05) is 13.8 Å². The van der Waals surface area contributed by atoms with Gasteiger partial charge in [-0.1, -0.05) is 26.5 Å². The molecule has 11 heavy (non-hydrogen) atoms. The monoisotopic (exact) mass is 151 g/mol. The molecular weight excluding hydrogens is 138 g/mol. The van der Waals surface area contributed by atoms with Gasteiger partial charge in [0.2, 0.25) is 0 Å². The Hall–Kier alpha value is -1.38. The van der Waals surface area contributed by atoms with Crippen LogP contribution >= 0.6 is 0 Å². The van der Waals surface area contributed by atoms with Gasteiger partial charge in [-0.2, -0.15) is 0 Å². The highest BCUT2D eigenvalue weighted by atomic mass is 15.0. The summed E-state index contributed by atoms with van der Waals surface area (Å²) in [6, 6.07) is 0. The van der Waals surface area contributed by atoms with E-state index in [1.54, 1.807) is 12.2 Å². The summed E-state index contributed by atoms with van der Waals surface area (Å²) in [6.07, 6.45) is 4.76. The maximum absolute atomic E-state index is 5.37. The fourth-order valence-corrected chi connectivity index (χ4v) is 0.526. The number of nitrogens with zero attached hydrogens (tertiary/aromatic N) is 2. The van der Waals surface area contributed by atoms with Crippen LogP contribution in [0, 0.1) is 0 Å². The molecule has 0 atom stereocenters. The summed E-state index contributed by atoms with van der Waals surface area (Å²) in [6.45, 7) is 7.50. The fraction of sp³-hybridized carbons (Fsp3) is 0.250. The molecule has 3 heteroatoms. The Bertz CT molecular complexity index is 211. The van der Waals surface area contributed by atoms with Crippen LogP contribution in [0.15, 0.2) is 34.4 Å². The molecule has 0 aromatic heterocycles. The van der Waals surface area contributed by atoms with Crippen molar-refractivity contribution in [2.24, 2.45) is 15.7 Å². The molecule has 1 aliphatic heterocycles. The van der Waals surface area contributed by atoms with Gasteiger partial charge >= 0.3 is 0 Å². The second-order valence-electron chi connectivity index (χ2n) is 1.55. The molecule has 1 aliphatic rings. The van der Waals surface area contributed by atoms with Gasteiger partial charge in [0.05, 0.1) is 0 Å². The lowest BCUT2D eigenvalue weighted by Gasteiger charge is -1.87. The number of hydrogen-bond donors (Lipinski definition) is 1. The Labute approximate surface area is 67.0 Å². The van der Waals surface area contributed by atoms with Crippen LogP contribution in [0.25, 0.3) is 0 Å². The van der Waals surface area contributed by atoms with Crippen molar-refractivity contribution in [1.82, 2.24) is 0 Å². The molecule has 1 heterocycles. The lowest BCUT2D eigenvalue weighted by Crippen LogP contribution is -2.09. The van der Waals surface area contributed by atoms with Gasteiger partial charge in [0.25, 0.3) is 0 Å². The highest BCUT2D eigenvalue weighted by Gasteiger charge is 2.01. The normalized spacial score (nSPS) is 17.3. The van der Waals surface area contributed by atoms with Gasteiger partial charge in [-0.05, 0) is 6.08 Å². The van der Waals surface area contributed by atoms with Gasteiger partial charge < -0.3 is 5.73 Å². The van der Waals surface area contributed by atoms with E-state index in [9.17, 15) is 0 Å². The van der Waals surface area contributed by atoms with Crippen LogP contribution in [0.5, 0.6) is 0 Å². The van der Waals surface area contributed by atoms with Gasteiger partial charge in [0, 0.05) is 0 Å². The Morgan fingerprint density at radius 2 is 2.18 bits per heavy atom. The van der Waals surface area contributed by atoms with Crippen LogP contribution < -0.4 is 5.73 Å². The highest BCUT2D eigenvalue weighted by molar-refractivity contribution is 6.05. The molecule has 60 valence electrons. The van der Waals surface area contributed by atoms with E-state index >= 15 is 0 Å². The molecule has 0 aromatic rings. The number of nitrogens with two attached hydrogens (primary N) is 1. The predicted octanol–water partition coefficient (Wildman–Crippen LogP) is 1.48. The van der Waals surface area contributed by atoms with Crippen molar-refractivity contribution in [3.05, 3.63) is 24.4 Å². The van der Waals surface area contributed by atoms with Crippen molar-refractivity contribution >= 4 is 12.2 Å². The summed E-state index contributed by atoms with van der Waals surface area (Å²) >= 11 is 0. The Balaban J connectivity index is 0.000000461. The minimum Gasteiger partial charge on any atom is -0.382 e. The van der Waals surface area contributed by atoms with E-state index in [0.29, 0.717) is 11.5 Å². The van der Waals surface area contributed by atoms with Crippen molar-refractivity contribution in [1.29, 1.82) is 0 Å². The quantitative estimate of drug-likeness (QED) is 0.606. The summed E-state index contributed by atoms with van der Waals surface area (Å²) in [4.78, 5) is 7.57. The van der Waals surface area contributed by atoms with Crippen molar-refractivity contribution in [3.8, 4) is 0 Å². The maximum atomic E-state index is 5.37. The summed E-state index contributed by atoms with van der Waals surface area (Å²) in [5.74, 6) is 0.454. The zero-order valence-electron chi connectivity index (χ0n) is 6.91. The zero-order chi connectivity index (χ0) is 8.69. The molecule has 2 N–H and O–H groups in total. The standard InChI is InChI=1S/C6H7N3.C2H6/c1-2-3-5-6(7)9-4-8-5;1-2/h2-4H,1H2,(H2,7,8,9);1-2H3/b5-3+;. The predicted molar refractivity (Wildman–Crippen MR) is 49.7 cm³/mol. The SMILES string of the molecule is C=C/C=C1/N=CN=C1N.CC. The number of aliphatic imine (C=N–C) groups is 2. The van der Waals surface area contributed by atoms with Gasteiger partial charge in [-0.3, -0.25) is 0 Å². The number of rotatable bonds is 1. The molecule has 0 bridgehead atoms. The Morgan fingerprint density at radius 1 is 1.55 bits per heavy atom. The average molecular weight is 151 g/mol. The van der Waals surface area contributed by atoms with E-state index < -0.39 is 0 Å². The highest BCUT2D eigenvalue weighted by Crippen LogP contribution is 2.00. The Kier molecular flexibility index (Phi) is 4.73. The molecule has 0 amide bonds. The zero-order valence-corrected chi connectivity index (χ0v) is 6.91. The molecular formula is C8H13N3. The minimum atomic E-state index is 0.454. The molecule has 0 spiro atoms. The van der Waals surface area contributed by atoms with Crippen LogP contribution in [0.4, 0.5) is 0 Å². The second kappa shape index (κ2) is 5.41. The average Bonchev–Trinajstić information content (AvgIpc) is 2.42. The van der Waals surface area contributed by atoms with Gasteiger partial charge in [0.1, 0.15) is 12.0 Å². The molecule has 0 saturated carbocycles. The van der Waals surface area contributed by atoms with Crippen LogP contribution in [0.2, 0.25) is 0 Å². The van der Waals surface area contributed by atoms with Crippen LogP contribution in [-0.2, 0) is 0 Å². The third-order valence-corrected chi connectivity index (χ3v) is 0.932. The van der Waals surface area contributed by atoms with E-state index in [0.717, 1.165) is 0 Å². The van der Waals surface area contributed by atoms with Crippen molar-refractivity contribution in [2.45, 2.75) is 13.8 Å². The Morgan fingerprint density at radius 3 is 2.55 bits per heavy atom. The lowest BCUT2D eigenvalue weighted by atomic mass is 10.4. The van der Waals surface area contributed by atoms with Gasteiger partial charge in [-0.15, -0.1) is 0 Å². The van der Waals surface area contributed by atoms with E-state index in [1.165, 1.54) is 6.34 Å². The van der Waals surface area contributed by atoms with E-state index in [2.05, 4.69) is 16.6 Å². The molecule has 0 saturated heterocycles. The topological polar surface area (TPSA) is 50.7 Å². The second-order valence-corrected chi connectivity index (χ2v) is 1.55. The first-order valence-corrected chi connectivity index (χ1v) is 3.53. The third kappa shape index (κ3) is 2.80. The molecule has 1 rings (SSSR count). The summed E-state index contributed by atoms with van der Waals surface area (Å²) < 4.78 is 0. The summed E-state index contributed by atoms with van der Waals surface area (Å²) in [7, 11) is 0. The smallest absolute Gasteiger partial charge is 0.151 e. The minimum absolute atomic E-state index is 0.454. The van der Waals surface area contributed by atoms with Crippen LogP contribution in [0.3, 0.4) is 0 Å². The van der Waals surface area contributed by atoms with Crippen molar-refractivity contribution in [3.63, 3.8) is 0 Å². The number of amidine groups is 1. The fourth-order valence-electron chi connectivity index (χ4n) is 0.526. The summed E-state index contributed by atoms with van der Waals surface area (Å²) in [5.41, 5.74) is 6.06. The van der Waals surface area contributed by atoms with Crippen LogP contribution in [-0.4, -0.2) is 12.2 Å². The van der Waals surface area contributed by atoms with Crippen molar-refractivity contribution < 1.29 is 0 Å². The van der Waals surface area contributed by atoms with Gasteiger partial charge in [-0.25, -0.2) is 9.98 Å². The van der Waals surface area contributed by atoms with Gasteiger partial charge in [0.15, 0.2) is 5.84 Å². The molecule has 0 radical (unpaired) electrons. The third-order valence-electron chi connectivity index (χ3n) is 0.932. The number of hydrogen-bond acceptors (Lipinski definition) is 3. The van der Waals surface area contributed by atoms with Crippen molar-refractivity contribution in [2.75, 3.05) is 0 Å². The van der Waals surface area contributed by atoms with E-state index in [4.69, 9.17) is 5.73 Å². The molecule has 0 aliphatic carbocycles. The lowest BCUT2D eigenvalue weighted by molar-refractivity contribution is 1.48.